The van der Waals surface area contributed by atoms with Crippen LogP contribution in [-0.2, 0) is 11.3 Å². The minimum absolute atomic E-state index is 0.0780. The first-order valence-electron chi connectivity index (χ1n) is 13.8. The van der Waals surface area contributed by atoms with Crippen molar-refractivity contribution in [3.05, 3.63) is 77.3 Å². The molecular weight excluding hydrogens is 514 g/mol. The number of pyridine rings is 1. The second-order valence-corrected chi connectivity index (χ2v) is 12.0. The first-order chi connectivity index (χ1) is 18.5. The number of benzene rings is 1. The number of hydrogen-bond donors (Lipinski definition) is 1. The molecule has 8 heteroatoms. The standard InChI is InChI=1S/C30H36ClN5OS/c1-20-15-21(2)18-35(17-20)26-11-10-22(16-24(26)31)36-29(28(33-30(36)38)25-8-3-4-12-32-25)27-9-5-13-34(27)19-23-7-6-14-37-23/h3-5,8-13,16,20-21,23,28-29H,6-7,14-15,17-19H2,1-2H3,(H,33,38)/t20-,21+,23-,28-,29+/m1/s1. The lowest BCUT2D eigenvalue weighted by Crippen LogP contribution is -2.39. The molecule has 2 aromatic heterocycles. The summed E-state index contributed by atoms with van der Waals surface area (Å²) >= 11 is 13.0. The molecule has 3 aromatic rings. The van der Waals surface area contributed by atoms with Crippen LogP contribution in [0.4, 0.5) is 11.4 Å². The van der Waals surface area contributed by atoms with Gasteiger partial charge in [0, 0.05) is 50.0 Å². The Bertz CT molecular complexity index is 1270. The molecule has 0 spiro atoms. The van der Waals surface area contributed by atoms with E-state index in [0.29, 0.717) is 16.9 Å². The highest BCUT2D eigenvalue weighted by Crippen LogP contribution is 2.44. The quantitative estimate of drug-likeness (QED) is 0.360. The van der Waals surface area contributed by atoms with Crippen molar-refractivity contribution >= 4 is 40.3 Å². The van der Waals surface area contributed by atoms with Gasteiger partial charge in [0.1, 0.15) is 6.04 Å². The van der Waals surface area contributed by atoms with Crippen LogP contribution in [0, 0.1) is 11.8 Å². The molecule has 6 nitrogen and oxygen atoms in total. The predicted molar refractivity (Wildman–Crippen MR) is 158 cm³/mol. The van der Waals surface area contributed by atoms with Crippen LogP contribution >= 0.6 is 23.8 Å². The Hall–Kier alpha value is -2.61. The molecule has 5 atom stereocenters. The summed E-state index contributed by atoms with van der Waals surface area (Å²) in [6.45, 7) is 8.40. The van der Waals surface area contributed by atoms with Crippen molar-refractivity contribution in [2.45, 2.75) is 57.8 Å². The van der Waals surface area contributed by atoms with Crippen molar-refractivity contribution in [1.82, 2.24) is 14.9 Å². The van der Waals surface area contributed by atoms with Crippen LogP contribution in [0.5, 0.6) is 0 Å². The number of hydrogen-bond acceptors (Lipinski definition) is 4. The molecule has 0 bridgehead atoms. The summed E-state index contributed by atoms with van der Waals surface area (Å²) in [5.41, 5.74) is 4.24. The van der Waals surface area contributed by atoms with Gasteiger partial charge in [0.15, 0.2) is 5.11 Å². The summed E-state index contributed by atoms with van der Waals surface area (Å²) in [5, 5.41) is 5.03. The van der Waals surface area contributed by atoms with E-state index in [4.69, 9.17) is 33.5 Å². The number of nitrogens with one attached hydrogen (secondary N) is 1. The van der Waals surface area contributed by atoms with Gasteiger partial charge in [-0.1, -0.05) is 31.5 Å². The Morgan fingerprint density at radius 2 is 1.95 bits per heavy atom. The second kappa shape index (κ2) is 10.9. The molecule has 0 radical (unpaired) electrons. The molecule has 0 aliphatic carbocycles. The third-order valence-corrected chi connectivity index (χ3v) is 8.73. The lowest BCUT2D eigenvalue weighted by atomic mass is 9.91. The fraction of sp³-hybridized carbons (Fsp3) is 0.467. The van der Waals surface area contributed by atoms with Crippen LogP contribution in [0.15, 0.2) is 60.9 Å². The zero-order valence-corrected chi connectivity index (χ0v) is 23.7. The average molecular weight is 550 g/mol. The molecule has 1 aromatic carbocycles. The second-order valence-electron chi connectivity index (χ2n) is 11.2. The SMILES string of the molecule is C[C@@H]1C[C@H](C)CN(c2ccc(N3C(=S)N[C@H](c4ccccn4)[C@@H]3c3cccn3C[C@H]3CCCO3)cc2Cl)C1. The number of rotatable bonds is 6. The number of nitrogens with zero attached hydrogens (tertiary/aromatic N) is 4. The van der Waals surface area contributed by atoms with E-state index in [1.54, 1.807) is 0 Å². The summed E-state index contributed by atoms with van der Waals surface area (Å²) < 4.78 is 8.30. The van der Waals surface area contributed by atoms with Crippen molar-refractivity contribution in [3.8, 4) is 0 Å². The maximum Gasteiger partial charge on any atom is 0.174 e. The minimum atomic E-state index is -0.0934. The number of ether oxygens (including phenoxy) is 1. The van der Waals surface area contributed by atoms with Crippen molar-refractivity contribution in [2.75, 3.05) is 29.5 Å². The zero-order chi connectivity index (χ0) is 26.2. The van der Waals surface area contributed by atoms with Gasteiger partial charge in [0.25, 0.3) is 0 Å². The summed E-state index contributed by atoms with van der Waals surface area (Å²) in [7, 11) is 0. The van der Waals surface area contributed by atoms with Crippen molar-refractivity contribution in [1.29, 1.82) is 0 Å². The molecule has 200 valence electrons. The van der Waals surface area contributed by atoms with Crippen LogP contribution in [0.25, 0.3) is 0 Å². The zero-order valence-electron chi connectivity index (χ0n) is 22.1. The average Bonchev–Trinajstić information content (AvgIpc) is 3.65. The molecular formula is C30H36ClN5OS. The van der Waals surface area contributed by atoms with Gasteiger partial charge in [-0.3, -0.25) is 4.98 Å². The lowest BCUT2D eigenvalue weighted by molar-refractivity contribution is 0.0961. The van der Waals surface area contributed by atoms with E-state index in [0.717, 1.165) is 61.2 Å². The molecule has 0 saturated carbocycles. The number of halogens is 1. The van der Waals surface area contributed by atoms with E-state index in [1.165, 1.54) is 12.1 Å². The van der Waals surface area contributed by atoms with E-state index in [-0.39, 0.29) is 18.2 Å². The van der Waals surface area contributed by atoms with Gasteiger partial charge < -0.3 is 24.4 Å². The summed E-state index contributed by atoms with van der Waals surface area (Å²) in [6.07, 6.45) is 7.72. The molecule has 5 heterocycles. The third kappa shape index (κ3) is 5.04. The first kappa shape index (κ1) is 25.7. The van der Waals surface area contributed by atoms with Crippen LogP contribution in [-0.4, -0.2) is 40.5 Å². The summed E-state index contributed by atoms with van der Waals surface area (Å²) in [4.78, 5) is 9.36. The molecule has 0 unspecified atom stereocenters. The van der Waals surface area contributed by atoms with Crippen molar-refractivity contribution < 1.29 is 4.74 Å². The Morgan fingerprint density at radius 1 is 1.11 bits per heavy atom. The van der Waals surface area contributed by atoms with E-state index < -0.39 is 0 Å². The minimum Gasteiger partial charge on any atom is -0.376 e. The van der Waals surface area contributed by atoms with E-state index in [9.17, 15) is 0 Å². The first-order valence-corrected chi connectivity index (χ1v) is 14.6. The Morgan fingerprint density at radius 3 is 2.66 bits per heavy atom. The molecule has 1 N–H and O–H groups in total. The molecule has 3 fully saturated rings. The van der Waals surface area contributed by atoms with Crippen LogP contribution in [0.1, 0.15) is 56.6 Å². The monoisotopic (exact) mass is 549 g/mol. The number of piperidine rings is 1. The number of aromatic nitrogens is 2. The summed E-state index contributed by atoms with van der Waals surface area (Å²) in [5.74, 6) is 1.31. The van der Waals surface area contributed by atoms with Gasteiger partial charge in [0.05, 0.1) is 28.5 Å². The van der Waals surface area contributed by atoms with Gasteiger partial charge in [0.2, 0.25) is 0 Å². The molecule has 0 amide bonds. The number of thiocarbonyl (C=S) groups is 1. The van der Waals surface area contributed by atoms with Crippen LogP contribution < -0.4 is 15.1 Å². The highest BCUT2D eigenvalue weighted by atomic mass is 35.5. The lowest BCUT2D eigenvalue weighted by Gasteiger charge is -2.37. The fourth-order valence-electron chi connectivity index (χ4n) is 6.56. The van der Waals surface area contributed by atoms with Crippen molar-refractivity contribution in [3.63, 3.8) is 0 Å². The van der Waals surface area contributed by atoms with Gasteiger partial charge in [-0.15, -0.1) is 0 Å². The molecule has 3 aliphatic rings. The van der Waals surface area contributed by atoms with Crippen LogP contribution in [0.2, 0.25) is 5.02 Å². The molecule has 3 aliphatic heterocycles. The normalized spacial score (nSPS) is 27.7. The van der Waals surface area contributed by atoms with E-state index in [2.05, 4.69) is 76.1 Å². The van der Waals surface area contributed by atoms with Gasteiger partial charge in [-0.2, -0.15) is 0 Å². The fourth-order valence-corrected chi connectivity index (χ4v) is 7.21. The summed E-state index contributed by atoms with van der Waals surface area (Å²) in [6, 6.07) is 16.6. The Labute approximate surface area is 235 Å². The van der Waals surface area contributed by atoms with Crippen molar-refractivity contribution in [2.24, 2.45) is 11.8 Å². The largest absolute Gasteiger partial charge is 0.376 e. The van der Waals surface area contributed by atoms with E-state index >= 15 is 0 Å². The van der Waals surface area contributed by atoms with Crippen LogP contribution in [0.3, 0.4) is 0 Å². The topological polar surface area (TPSA) is 45.6 Å². The van der Waals surface area contributed by atoms with Gasteiger partial charge in [-0.25, -0.2) is 0 Å². The maximum absolute atomic E-state index is 6.99. The molecule has 3 saturated heterocycles. The van der Waals surface area contributed by atoms with E-state index in [1.807, 2.05) is 18.3 Å². The van der Waals surface area contributed by atoms with Gasteiger partial charge >= 0.3 is 0 Å². The highest BCUT2D eigenvalue weighted by Gasteiger charge is 2.42. The molecule has 38 heavy (non-hydrogen) atoms. The maximum atomic E-state index is 6.99. The predicted octanol–water partition coefficient (Wildman–Crippen LogP) is 6.37. The highest BCUT2D eigenvalue weighted by molar-refractivity contribution is 7.80. The van der Waals surface area contributed by atoms with Gasteiger partial charge in [-0.05, 0) is 85.8 Å². The Balaban J connectivity index is 1.37. The third-order valence-electron chi connectivity index (χ3n) is 8.11. The Kier molecular flexibility index (Phi) is 7.34. The molecule has 6 rings (SSSR count). The number of anilines is 2. The smallest absolute Gasteiger partial charge is 0.174 e.